The van der Waals surface area contributed by atoms with Gasteiger partial charge in [-0.3, -0.25) is 14.5 Å². The number of piperidine rings is 1. The van der Waals surface area contributed by atoms with Crippen molar-refractivity contribution in [2.24, 2.45) is 0 Å². The predicted octanol–water partition coefficient (Wildman–Crippen LogP) is 0.547. The number of amides is 1. The van der Waals surface area contributed by atoms with Crippen molar-refractivity contribution in [3.8, 4) is 0 Å². The van der Waals surface area contributed by atoms with E-state index in [-0.39, 0.29) is 23.5 Å². The van der Waals surface area contributed by atoms with Gasteiger partial charge in [-0.05, 0) is 25.8 Å². The Morgan fingerprint density at radius 2 is 2.06 bits per heavy atom. The van der Waals surface area contributed by atoms with E-state index >= 15 is 0 Å². The molecule has 0 aromatic rings. The van der Waals surface area contributed by atoms with Gasteiger partial charge in [0.05, 0.1) is 11.5 Å². The molecule has 18 heavy (non-hydrogen) atoms. The van der Waals surface area contributed by atoms with Crippen LogP contribution in [0.3, 0.4) is 0 Å². The number of carbonyl (C=O) groups excluding carboxylic acids is 1. The lowest BCUT2D eigenvalue weighted by Crippen LogP contribution is -2.47. The SMILES string of the molecule is O=C(O)CSCC(=O)NC1CCN2CCCCC12. The maximum absolute atomic E-state index is 11.7. The van der Waals surface area contributed by atoms with Crippen LogP contribution >= 0.6 is 11.8 Å². The number of thioether (sulfide) groups is 1. The first kappa shape index (κ1) is 13.7. The smallest absolute Gasteiger partial charge is 0.313 e. The van der Waals surface area contributed by atoms with Crippen LogP contribution in [-0.2, 0) is 9.59 Å². The van der Waals surface area contributed by atoms with Gasteiger partial charge in [-0.2, -0.15) is 0 Å². The van der Waals surface area contributed by atoms with Crippen LogP contribution in [0.2, 0.25) is 0 Å². The molecule has 2 aliphatic heterocycles. The Morgan fingerprint density at radius 1 is 1.22 bits per heavy atom. The van der Waals surface area contributed by atoms with Crippen molar-refractivity contribution in [1.29, 1.82) is 0 Å². The van der Waals surface area contributed by atoms with Gasteiger partial charge in [0.15, 0.2) is 0 Å². The van der Waals surface area contributed by atoms with E-state index in [2.05, 4.69) is 10.2 Å². The number of carboxylic acids is 1. The zero-order valence-corrected chi connectivity index (χ0v) is 11.2. The van der Waals surface area contributed by atoms with Gasteiger partial charge >= 0.3 is 5.97 Å². The minimum atomic E-state index is -0.868. The summed E-state index contributed by atoms with van der Waals surface area (Å²) < 4.78 is 0. The van der Waals surface area contributed by atoms with Crippen LogP contribution in [0.25, 0.3) is 0 Å². The molecule has 2 saturated heterocycles. The van der Waals surface area contributed by atoms with E-state index in [1.807, 2.05) is 0 Å². The number of fused-ring (bicyclic) bond motifs is 1. The second-order valence-electron chi connectivity index (χ2n) is 4.95. The summed E-state index contributed by atoms with van der Waals surface area (Å²) in [5, 5.41) is 11.6. The summed E-state index contributed by atoms with van der Waals surface area (Å²) in [5.41, 5.74) is 0. The van der Waals surface area contributed by atoms with Gasteiger partial charge < -0.3 is 10.4 Å². The molecule has 2 aliphatic rings. The fraction of sp³-hybridized carbons (Fsp3) is 0.833. The number of hydrogen-bond acceptors (Lipinski definition) is 4. The monoisotopic (exact) mass is 272 g/mol. The molecule has 2 unspecified atom stereocenters. The summed E-state index contributed by atoms with van der Waals surface area (Å²) in [4.78, 5) is 24.5. The van der Waals surface area contributed by atoms with Crippen LogP contribution in [0, 0.1) is 0 Å². The Hall–Kier alpha value is -0.750. The van der Waals surface area contributed by atoms with Gasteiger partial charge in [0.1, 0.15) is 0 Å². The molecule has 5 nitrogen and oxygen atoms in total. The zero-order chi connectivity index (χ0) is 13.0. The van der Waals surface area contributed by atoms with E-state index in [0.29, 0.717) is 6.04 Å². The molecule has 0 spiro atoms. The second kappa shape index (κ2) is 6.43. The quantitative estimate of drug-likeness (QED) is 0.765. The van der Waals surface area contributed by atoms with Crippen LogP contribution in [0.4, 0.5) is 0 Å². The molecule has 102 valence electrons. The number of aliphatic carboxylic acids is 1. The number of carboxylic acid groups (broad SMARTS) is 1. The average Bonchev–Trinajstić information content (AvgIpc) is 2.72. The molecule has 6 heteroatoms. The third-order valence-electron chi connectivity index (χ3n) is 3.66. The molecular weight excluding hydrogens is 252 g/mol. The topological polar surface area (TPSA) is 69.6 Å². The van der Waals surface area contributed by atoms with Crippen LogP contribution < -0.4 is 5.32 Å². The molecule has 2 N–H and O–H groups in total. The third kappa shape index (κ3) is 3.62. The van der Waals surface area contributed by atoms with Crippen molar-refractivity contribution in [2.45, 2.75) is 37.8 Å². The fourth-order valence-electron chi connectivity index (χ4n) is 2.90. The molecule has 0 aromatic carbocycles. The summed E-state index contributed by atoms with van der Waals surface area (Å²) in [7, 11) is 0. The maximum Gasteiger partial charge on any atom is 0.313 e. The Morgan fingerprint density at radius 3 is 2.83 bits per heavy atom. The highest BCUT2D eigenvalue weighted by molar-refractivity contribution is 8.00. The van der Waals surface area contributed by atoms with Gasteiger partial charge in [0.2, 0.25) is 5.91 Å². The number of nitrogens with one attached hydrogen (secondary N) is 1. The summed E-state index contributed by atoms with van der Waals surface area (Å²) in [6.45, 7) is 2.24. The normalized spacial score (nSPS) is 27.8. The Kier molecular flexibility index (Phi) is 4.88. The predicted molar refractivity (Wildman–Crippen MR) is 70.7 cm³/mol. The number of hydrogen-bond donors (Lipinski definition) is 2. The van der Waals surface area contributed by atoms with Gasteiger partial charge in [-0.25, -0.2) is 0 Å². The van der Waals surface area contributed by atoms with Crippen molar-refractivity contribution < 1.29 is 14.7 Å². The highest BCUT2D eigenvalue weighted by Gasteiger charge is 2.35. The Labute approximate surface area is 111 Å². The van der Waals surface area contributed by atoms with Crippen molar-refractivity contribution >= 4 is 23.6 Å². The lowest BCUT2D eigenvalue weighted by Gasteiger charge is -2.32. The summed E-state index contributed by atoms with van der Waals surface area (Å²) in [6.07, 6.45) is 4.72. The van der Waals surface area contributed by atoms with Crippen LogP contribution in [0.1, 0.15) is 25.7 Å². The largest absolute Gasteiger partial charge is 0.481 e. The highest BCUT2D eigenvalue weighted by Crippen LogP contribution is 2.27. The lowest BCUT2D eigenvalue weighted by atomic mass is 9.99. The molecule has 2 fully saturated rings. The van der Waals surface area contributed by atoms with Gasteiger partial charge in [-0.1, -0.05) is 6.42 Å². The van der Waals surface area contributed by atoms with E-state index in [4.69, 9.17) is 5.11 Å². The van der Waals surface area contributed by atoms with E-state index in [1.54, 1.807) is 0 Å². The van der Waals surface area contributed by atoms with Crippen molar-refractivity contribution in [2.75, 3.05) is 24.6 Å². The van der Waals surface area contributed by atoms with E-state index in [1.165, 1.54) is 19.3 Å². The molecule has 0 bridgehead atoms. The van der Waals surface area contributed by atoms with Gasteiger partial charge in [0, 0.05) is 18.6 Å². The van der Waals surface area contributed by atoms with Gasteiger partial charge in [-0.15, -0.1) is 11.8 Å². The van der Waals surface area contributed by atoms with Gasteiger partial charge in [0.25, 0.3) is 0 Å². The van der Waals surface area contributed by atoms with Crippen LogP contribution in [0.5, 0.6) is 0 Å². The van der Waals surface area contributed by atoms with E-state index in [9.17, 15) is 9.59 Å². The third-order valence-corrected chi connectivity index (χ3v) is 4.58. The number of carbonyl (C=O) groups is 2. The van der Waals surface area contributed by atoms with E-state index in [0.717, 1.165) is 31.3 Å². The summed E-state index contributed by atoms with van der Waals surface area (Å²) in [5.74, 6) is -0.658. The standard InChI is InChI=1S/C12H20N2O3S/c15-11(7-18-8-12(16)17)13-9-4-6-14-5-2-1-3-10(9)14/h9-10H,1-8H2,(H,13,15)(H,16,17). The first-order valence-corrected chi connectivity index (χ1v) is 7.65. The minimum Gasteiger partial charge on any atom is -0.481 e. The fourth-order valence-corrected chi connectivity index (χ4v) is 3.44. The number of rotatable bonds is 5. The lowest BCUT2D eigenvalue weighted by molar-refractivity contribution is -0.133. The van der Waals surface area contributed by atoms with Crippen molar-refractivity contribution in [1.82, 2.24) is 10.2 Å². The molecule has 0 radical (unpaired) electrons. The molecule has 0 aromatic heterocycles. The maximum atomic E-state index is 11.7. The van der Waals surface area contributed by atoms with Crippen LogP contribution in [-0.4, -0.2) is 58.6 Å². The highest BCUT2D eigenvalue weighted by atomic mass is 32.2. The average molecular weight is 272 g/mol. The summed E-state index contributed by atoms with van der Waals surface area (Å²) in [6, 6.07) is 0.774. The molecule has 2 rings (SSSR count). The number of nitrogens with zero attached hydrogens (tertiary/aromatic N) is 1. The molecule has 0 aliphatic carbocycles. The van der Waals surface area contributed by atoms with E-state index < -0.39 is 5.97 Å². The van der Waals surface area contributed by atoms with Crippen LogP contribution in [0.15, 0.2) is 0 Å². The van der Waals surface area contributed by atoms with Crippen molar-refractivity contribution in [3.05, 3.63) is 0 Å². The first-order chi connectivity index (χ1) is 8.66. The summed E-state index contributed by atoms with van der Waals surface area (Å²) >= 11 is 1.16. The zero-order valence-electron chi connectivity index (χ0n) is 10.4. The Bertz CT molecular complexity index is 324. The molecule has 0 saturated carbocycles. The minimum absolute atomic E-state index is 0.00631. The molecular formula is C12H20N2O3S. The Balaban J connectivity index is 1.72. The molecule has 1 amide bonds. The molecule has 2 heterocycles. The first-order valence-electron chi connectivity index (χ1n) is 6.50. The second-order valence-corrected chi connectivity index (χ2v) is 5.93. The van der Waals surface area contributed by atoms with Crippen molar-refractivity contribution in [3.63, 3.8) is 0 Å². The molecule has 2 atom stereocenters.